The maximum Gasteiger partial charge on any atom is 0.490 e. The number of pyridine rings is 1. The third-order valence-electron chi connectivity index (χ3n) is 5.20. The average molecular weight is 576 g/mol. The smallest absolute Gasteiger partial charge is 0.475 e. The van der Waals surface area contributed by atoms with Crippen LogP contribution in [0, 0.1) is 5.95 Å². The number of anilines is 1. The van der Waals surface area contributed by atoms with Gasteiger partial charge in [-0.2, -0.15) is 30.7 Å². The normalized spacial score (nSPS) is 13.4. The van der Waals surface area contributed by atoms with Gasteiger partial charge in [-0.25, -0.2) is 14.8 Å². The number of nitrogens with zero attached hydrogens (tertiary/aromatic N) is 2. The van der Waals surface area contributed by atoms with Crippen LogP contribution in [-0.4, -0.2) is 44.9 Å². The molecule has 0 saturated carbocycles. The van der Waals surface area contributed by atoms with Crippen LogP contribution >= 0.6 is 11.3 Å². The van der Waals surface area contributed by atoms with E-state index >= 15 is 0 Å². The predicted molar refractivity (Wildman–Crippen MR) is 129 cm³/mol. The summed E-state index contributed by atoms with van der Waals surface area (Å²) in [5, 5.41) is 22.6. The number of carboxylic acid groups (broad SMARTS) is 1. The highest BCUT2D eigenvalue weighted by Crippen LogP contribution is 2.32. The van der Waals surface area contributed by atoms with Crippen LogP contribution in [-0.2, 0) is 11.0 Å². The SMILES string of the molecule is N[C@H](CNc1ncc(-c2ccc3cnc(F)cc3c2)s1)[C@@H](O)c1ccc(C(F)(F)F)cc1.O=C(O)C(F)(F)F. The van der Waals surface area contributed by atoms with Gasteiger partial charge >= 0.3 is 18.3 Å². The number of carbonyl (C=O) groups is 1. The Kier molecular flexibility index (Phi) is 9.09. The van der Waals surface area contributed by atoms with Crippen molar-refractivity contribution in [1.82, 2.24) is 9.97 Å². The minimum atomic E-state index is -5.08. The lowest BCUT2D eigenvalue weighted by atomic mass is 10.0. The molecule has 4 aromatic rings. The second-order valence-corrected chi connectivity index (χ2v) is 9.04. The zero-order valence-electron chi connectivity index (χ0n) is 19.5. The van der Waals surface area contributed by atoms with E-state index in [-0.39, 0.29) is 6.54 Å². The summed E-state index contributed by atoms with van der Waals surface area (Å²) in [5.74, 6) is -3.31. The molecular formula is C24H19F7N4O3S. The number of aliphatic hydroxyl groups is 1. The van der Waals surface area contributed by atoms with Crippen LogP contribution in [0.15, 0.2) is 60.9 Å². The molecule has 208 valence electrons. The molecule has 0 fully saturated rings. The monoisotopic (exact) mass is 576 g/mol. The van der Waals surface area contributed by atoms with E-state index in [9.17, 15) is 35.8 Å². The molecule has 7 nitrogen and oxygen atoms in total. The van der Waals surface area contributed by atoms with Gasteiger partial charge in [0.05, 0.1) is 22.6 Å². The quantitative estimate of drug-likeness (QED) is 0.174. The lowest BCUT2D eigenvalue weighted by Gasteiger charge is -2.20. The number of alkyl halides is 6. The molecule has 0 unspecified atom stereocenters. The molecule has 0 aliphatic carbocycles. The molecule has 39 heavy (non-hydrogen) atoms. The van der Waals surface area contributed by atoms with Gasteiger partial charge in [-0.3, -0.25) is 0 Å². The van der Waals surface area contributed by atoms with Gasteiger partial charge < -0.3 is 21.3 Å². The van der Waals surface area contributed by atoms with Gasteiger partial charge in [-0.15, -0.1) is 0 Å². The van der Waals surface area contributed by atoms with Crippen molar-refractivity contribution in [3.8, 4) is 10.4 Å². The fourth-order valence-electron chi connectivity index (χ4n) is 3.19. The summed E-state index contributed by atoms with van der Waals surface area (Å²) in [4.78, 5) is 17.7. The van der Waals surface area contributed by atoms with Gasteiger partial charge in [0.1, 0.15) is 0 Å². The lowest BCUT2D eigenvalue weighted by molar-refractivity contribution is -0.192. The maximum atomic E-state index is 13.4. The second kappa shape index (κ2) is 11.9. The van der Waals surface area contributed by atoms with Crippen LogP contribution in [0.5, 0.6) is 0 Å². The van der Waals surface area contributed by atoms with Gasteiger partial charge in [0, 0.05) is 30.4 Å². The van der Waals surface area contributed by atoms with Crippen LogP contribution in [0.25, 0.3) is 21.2 Å². The molecule has 2 atom stereocenters. The third-order valence-corrected chi connectivity index (χ3v) is 6.20. The summed E-state index contributed by atoms with van der Waals surface area (Å²) in [6.07, 6.45) is -7.53. The van der Waals surface area contributed by atoms with Crippen LogP contribution in [0.3, 0.4) is 0 Å². The van der Waals surface area contributed by atoms with Crippen molar-refractivity contribution in [1.29, 1.82) is 0 Å². The molecule has 0 saturated heterocycles. The highest BCUT2D eigenvalue weighted by Gasteiger charge is 2.38. The van der Waals surface area contributed by atoms with Crippen LogP contribution in [0.2, 0.25) is 0 Å². The van der Waals surface area contributed by atoms with Crippen molar-refractivity contribution in [2.75, 3.05) is 11.9 Å². The number of carboxylic acids is 1. The van der Waals surface area contributed by atoms with Crippen molar-refractivity contribution < 1.29 is 45.7 Å². The number of halogens is 7. The molecule has 5 N–H and O–H groups in total. The largest absolute Gasteiger partial charge is 0.490 e. The van der Waals surface area contributed by atoms with E-state index in [1.54, 1.807) is 6.20 Å². The van der Waals surface area contributed by atoms with E-state index in [4.69, 9.17) is 15.6 Å². The van der Waals surface area contributed by atoms with Crippen LogP contribution in [0.1, 0.15) is 17.2 Å². The van der Waals surface area contributed by atoms with Crippen molar-refractivity contribution in [3.63, 3.8) is 0 Å². The highest BCUT2D eigenvalue weighted by atomic mass is 32.1. The van der Waals surface area contributed by atoms with Crippen molar-refractivity contribution >= 4 is 33.2 Å². The first-order valence-electron chi connectivity index (χ1n) is 10.8. The van der Waals surface area contributed by atoms with Crippen LogP contribution < -0.4 is 11.1 Å². The minimum Gasteiger partial charge on any atom is -0.475 e. The number of thiazole rings is 1. The molecule has 0 aliphatic heterocycles. The van der Waals surface area contributed by atoms with Crippen LogP contribution in [0.4, 0.5) is 35.9 Å². The van der Waals surface area contributed by atoms with Gasteiger partial charge in [0.25, 0.3) is 0 Å². The molecule has 0 spiro atoms. The van der Waals surface area contributed by atoms with Gasteiger partial charge in [0.2, 0.25) is 5.95 Å². The first-order chi connectivity index (χ1) is 18.1. The number of hydrogen-bond donors (Lipinski definition) is 4. The number of nitrogens with one attached hydrogen (secondary N) is 1. The summed E-state index contributed by atoms with van der Waals surface area (Å²) in [7, 11) is 0. The number of fused-ring (bicyclic) bond motifs is 1. The van der Waals surface area contributed by atoms with Crippen molar-refractivity contribution in [3.05, 3.63) is 78.0 Å². The predicted octanol–water partition coefficient (Wildman–Crippen LogP) is 5.62. The molecule has 0 radical (unpaired) electrons. The van der Waals surface area contributed by atoms with E-state index in [0.717, 1.165) is 33.3 Å². The topological polar surface area (TPSA) is 121 Å². The molecule has 2 aromatic carbocycles. The van der Waals surface area contributed by atoms with Crippen molar-refractivity contribution in [2.24, 2.45) is 5.73 Å². The van der Waals surface area contributed by atoms with Gasteiger partial charge in [-0.05, 0) is 34.7 Å². The summed E-state index contributed by atoms with van der Waals surface area (Å²) in [6.45, 7) is 0.156. The standard InChI is InChI=1S/C22H18F4N4OS.C2HF3O2/c23-19-8-15-7-13(1-2-14(15)9-28-19)18-11-30-21(32-18)29-10-17(27)20(31)12-3-5-16(6-4-12)22(24,25)26;3-2(4,5)1(6)7/h1-9,11,17,20,31H,10,27H2,(H,29,30);(H,6,7)/t17-,20+;/m1./s1. The van der Waals surface area contributed by atoms with E-state index in [1.807, 2.05) is 18.2 Å². The van der Waals surface area contributed by atoms with E-state index in [1.165, 1.54) is 35.7 Å². The Balaban J connectivity index is 0.000000532. The zero-order chi connectivity index (χ0) is 29.0. The zero-order valence-corrected chi connectivity index (χ0v) is 20.3. The number of aromatic nitrogens is 2. The first-order valence-corrected chi connectivity index (χ1v) is 11.6. The Labute approximate surface area is 219 Å². The lowest BCUT2D eigenvalue weighted by Crippen LogP contribution is -2.35. The Morgan fingerprint density at radius 2 is 1.62 bits per heavy atom. The number of aliphatic hydroxyl groups excluding tert-OH is 1. The fourth-order valence-corrected chi connectivity index (χ4v) is 4.01. The Morgan fingerprint density at radius 3 is 2.21 bits per heavy atom. The van der Waals surface area contributed by atoms with E-state index in [0.29, 0.717) is 10.7 Å². The summed E-state index contributed by atoms with van der Waals surface area (Å²) in [5.41, 5.74) is 6.39. The average Bonchev–Trinajstić information content (AvgIpc) is 3.35. The molecule has 2 heterocycles. The molecule has 0 amide bonds. The second-order valence-electron chi connectivity index (χ2n) is 8.01. The highest BCUT2D eigenvalue weighted by molar-refractivity contribution is 7.18. The van der Waals surface area contributed by atoms with Gasteiger partial charge in [-0.1, -0.05) is 35.6 Å². The first kappa shape index (κ1) is 29.7. The van der Waals surface area contributed by atoms with E-state index < -0.39 is 42.0 Å². The molecule has 2 aromatic heterocycles. The fraction of sp³-hybridized carbons (Fsp3) is 0.208. The van der Waals surface area contributed by atoms with Crippen molar-refractivity contribution in [2.45, 2.75) is 24.5 Å². The Bertz CT molecular complexity index is 1430. The number of hydrogen-bond acceptors (Lipinski definition) is 7. The maximum absolute atomic E-state index is 13.4. The summed E-state index contributed by atoms with van der Waals surface area (Å²) < 4.78 is 83.2. The summed E-state index contributed by atoms with van der Waals surface area (Å²) in [6, 6.07) is 10.4. The van der Waals surface area contributed by atoms with E-state index in [2.05, 4.69) is 15.3 Å². The number of nitrogens with two attached hydrogens (primary N) is 1. The van der Waals surface area contributed by atoms with Gasteiger partial charge in [0.15, 0.2) is 5.13 Å². The third kappa shape index (κ3) is 8.08. The molecule has 15 heteroatoms. The number of rotatable bonds is 6. The molecule has 4 rings (SSSR count). The number of benzene rings is 2. The number of aliphatic carboxylic acids is 1. The molecule has 0 bridgehead atoms. The Morgan fingerprint density at radius 1 is 0.974 bits per heavy atom. The minimum absolute atomic E-state index is 0.156. The Hall–Kier alpha value is -3.82. The molecule has 0 aliphatic rings. The summed E-state index contributed by atoms with van der Waals surface area (Å²) >= 11 is 1.36. The molecular weight excluding hydrogens is 557 g/mol.